The molecule has 0 unspecified atom stereocenters. The van der Waals surface area contributed by atoms with E-state index in [1.54, 1.807) is 12.0 Å². The fourth-order valence-corrected chi connectivity index (χ4v) is 1.27. The van der Waals surface area contributed by atoms with Gasteiger partial charge in [-0.15, -0.1) is 5.06 Å². The molecule has 74 valence electrons. The van der Waals surface area contributed by atoms with E-state index in [0.29, 0.717) is 0 Å². The van der Waals surface area contributed by atoms with Crippen molar-refractivity contribution >= 4 is 11.8 Å². The van der Waals surface area contributed by atoms with Crippen molar-refractivity contribution in [1.82, 2.24) is 5.06 Å². The Kier molecular flexibility index (Phi) is 3.89. The van der Waals surface area contributed by atoms with Gasteiger partial charge in [0.25, 0.3) is 0 Å². The zero-order chi connectivity index (χ0) is 9.68. The van der Waals surface area contributed by atoms with E-state index >= 15 is 0 Å². The van der Waals surface area contributed by atoms with Gasteiger partial charge in [-0.25, -0.2) is 4.79 Å². The summed E-state index contributed by atoms with van der Waals surface area (Å²) < 4.78 is 0. The number of carbonyl (C=O) groups excluding carboxylic acids is 2. The van der Waals surface area contributed by atoms with Crippen molar-refractivity contribution in [3.63, 3.8) is 0 Å². The van der Waals surface area contributed by atoms with Crippen molar-refractivity contribution in [1.29, 1.82) is 0 Å². The summed E-state index contributed by atoms with van der Waals surface area (Å²) in [7, 11) is 0. The van der Waals surface area contributed by atoms with E-state index in [2.05, 4.69) is 0 Å². The van der Waals surface area contributed by atoms with Gasteiger partial charge in [0, 0.05) is 19.5 Å². The van der Waals surface area contributed by atoms with Crippen LogP contribution in [0.5, 0.6) is 0 Å². The summed E-state index contributed by atoms with van der Waals surface area (Å²) in [5.41, 5.74) is 0. The first kappa shape index (κ1) is 10.2. The summed E-state index contributed by atoms with van der Waals surface area (Å²) in [5, 5.41) is 1.58. The number of hydrogen-bond donors (Lipinski definition) is 0. The fourth-order valence-electron chi connectivity index (χ4n) is 1.27. The van der Waals surface area contributed by atoms with Crippen molar-refractivity contribution < 1.29 is 14.4 Å². The zero-order valence-electron chi connectivity index (χ0n) is 7.91. The minimum atomic E-state index is -0.718. The van der Waals surface area contributed by atoms with E-state index in [4.69, 9.17) is 4.84 Å². The Balaban J connectivity index is 2.30. The van der Waals surface area contributed by atoms with Gasteiger partial charge in [0.05, 0.1) is 0 Å². The molecule has 13 heavy (non-hydrogen) atoms. The van der Waals surface area contributed by atoms with Gasteiger partial charge in [-0.1, -0.05) is 13.3 Å². The highest BCUT2D eigenvalue weighted by Crippen LogP contribution is 2.09. The molecule has 0 aromatic heterocycles. The van der Waals surface area contributed by atoms with Crippen molar-refractivity contribution in [2.24, 2.45) is 0 Å². The number of ketones is 1. The van der Waals surface area contributed by atoms with Crippen LogP contribution >= 0.6 is 0 Å². The van der Waals surface area contributed by atoms with Gasteiger partial charge in [-0.05, 0) is 12.8 Å². The van der Waals surface area contributed by atoms with Gasteiger partial charge in [0.2, 0.25) is 5.78 Å². The van der Waals surface area contributed by atoms with Crippen LogP contribution in [0.1, 0.15) is 32.6 Å². The quantitative estimate of drug-likeness (QED) is 0.613. The summed E-state index contributed by atoms with van der Waals surface area (Å²) >= 11 is 0. The van der Waals surface area contributed by atoms with Crippen molar-refractivity contribution in [3.05, 3.63) is 0 Å². The molecular formula is C9H15NO3. The lowest BCUT2D eigenvalue weighted by molar-refractivity contribution is -0.195. The molecule has 1 aliphatic heterocycles. The van der Waals surface area contributed by atoms with Crippen LogP contribution in [0.2, 0.25) is 0 Å². The molecule has 1 saturated heterocycles. The number of nitrogens with zero attached hydrogens (tertiary/aromatic N) is 1. The lowest BCUT2D eigenvalue weighted by Crippen LogP contribution is -2.34. The summed E-state index contributed by atoms with van der Waals surface area (Å²) in [4.78, 5) is 26.8. The molecule has 1 aliphatic rings. The summed E-state index contributed by atoms with van der Waals surface area (Å²) in [6.07, 6.45) is 3.46. The van der Waals surface area contributed by atoms with E-state index in [0.717, 1.165) is 25.9 Å². The fraction of sp³-hybridized carbons (Fsp3) is 0.778. The number of hydrogen-bond acceptors (Lipinski definition) is 4. The zero-order valence-corrected chi connectivity index (χ0v) is 7.91. The first-order valence-corrected chi connectivity index (χ1v) is 4.74. The Morgan fingerprint density at radius 2 is 1.85 bits per heavy atom. The van der Waals surface area contributed by atoms with Crippen molar-refractivity contribution in [3.8, 4) is 0 Å². The minimum Gasteiger partial charge on any atom is -0.362 e. The average Bonchev–Trinajstić information content (AvgIpc) is 2.18. The average molecular weight is 185 g/mol. The van der Waals surface area contributed by atoms with Crippen LogP contribution in [0.15, 0.2) is 0 Å². The van der Waals surface area contributed by atoms with Gasteiger partial charge >= 0.3 is 5.97 Å². The van der Waals surface area contributed by atoms with Crippen molar-refractivity contribution in [2.75, 3.05) is 13.1 Å². The summed E-state index contributed by atoms with van der Waals surface area (Å²) in [6.45, 7) is 3.16. The molecule has 0 radical (unpaired) electrons. The molecule has 0 aliphatic carbocycles. The summed E-state index contributed by atoms with van der Waals surface area (Å²) in [6, 6.07) is 0. The van der Waals surface area contributed by atoms with Crippen molar-refractivity contribution in [2.45, 2.75) is 32.6 Å². The molecule has 0 aromatic rings. The third-order valence-corrected chi connectivity index (χ3v) is 2.08. The summed E-state index contributed by atoms with van der Waals surface area (Å²) in [5.74, 6) is -1.17. The maximum Gasteiger partial charge on any atom is 0.393 e. The number of piperidine rings is 1. The number of Topliss-reactive ketones (excluding diaryl/α,β-unsaturated/α-hetero) is 1. The molecule has 1 rings (SSSR count). The number of carbonyl (C=O) groups is 2. The largest absolute Gasteiger partial charge is 0.393 e. The molecule has 0 saturated carbocycles. The lowest BCUT2D eigenvalue weighted by atomic mass is 10.2. The predicted molar refractivity (Wildman–Crippen MR) is 46.8 cm³/mol. The maximum atomic E-state index is 11.0. The van der Waals surface area contributed by atoms with Gasteiger partial charge < -0.3 is 4.84 Å². The van der Waals surface area contributed by atoms with E-state index in [-0.39, 0.29) is 6.42 Å². The van der Waals surface area contributed by atoms with Crippen LogP contribution < -0.4 is 0 Å². The predicted octanol–water partition coefficient (Wildman–Crippen LogP) is 0.910. The highest BCUT2D eigenvalue weighted by molar-refractivity contribution is 6.33. The molecule has 0 atom stereocenters. The van der Waals surface area contributed by atoms with Gasteiger partial charge in [0.1, 0.15) is 0 Å². The van der Waals surface area contributed by atoms with Crippen LogP contribution in [0, 0.1) is 0 Å². The molecule has 0 amide bonds. The number of hydroxylamine groups is 2. The first-order valence-electron chi connectivity index (χ1n) is 4.74. The second-order valence-corrected chi connectivity index (χ2v) is 3.15. The van der Waals surface area contributed by atoms with Gasteiger partial charge in [-0.3, -0.25) is 4.79 Å². The van der Waals surface area contributed by atoms with E-state index in [9.17, 15) is 9.59 Å². The van der Waals surface area contributed by atoms with Crippen LogP contribution in [-0.4, -0.2) is 29.9 Å². The van der Waals surface area contributed by atoms with Crippen LogP contribution in [-0.2, 0) is 14.4 Å². The second kappa shape index (κ2) is 4.97. The van der Waals surface area contributed by atoms with E-state index in [1.165, 1.54) is 6.42 Å². The molecule has 0 bridgehead atoms. The van der Waals surface area contributed by atoms with Crippen LogP contribution in [0.3, 0.4) is 0 Å². The van der Waals surface area contributed by atoms with Crippen LogP contribution in [0.25, 0.3) is 0 Å². The minimum absolute atomic E-state index is 0.215. The maximum absolute atomic E-state index is 11.0. The van der Waals surface area contributed by atoms with Gasteiger partial charge in [-0.2, -0.15) is 0 Å². The highest BCUT2D eigenvalue weighted by Gasteiger charge is 2.19. The topological polar surface area (TPSA) is 46.6 Å². The SMILES string of the molecule is CCC(=O)C(=O)ON1CCCCC1. The molecule has 0 aromatic carbocycles. The molecular weight excluding hydrogens is 170 g/mol. The Morgan fingerprint density at radius 1 is 1.23 bits per heavy atom. The second-order valence-electron chi connectivity index (χ2n) is 3.15. The normalized spacial score (nSPS) is 18.2. The van der Waals surface area contributed by atoms with E-state index < -0.39 is 11.8 Å². The Bertz CT molecular complexity index is 197. The molecule has 4 heteroatoms. The lowest BCUT2D eigenvalue weighted by Gasteiger charge is -2.24. The highest BCUT2D eigenvalue weighted by atomic mass is 16.7. The third-order valence-electron chi connectivity index (χ3n) is 2.08. The number of rotatable bonds is 3. The Morgan fingerprint density at radius 3 is 2.38 bits per heavy atom. The Hall–Kier alpha value is -0.900. The molecule has 1 heterocycles. The molecule has 4 nitrogen and oxygen atoms in total. The molecule has 0 N–H and O–H groups in total. The van der Waals surface area contributed by atoms with E-state index in [1.807, 2.05) is 0 Å². The third kappa shape index (κ3) is 3.14. The Labute approximate surface area is 77.8 Å². The smallest absolute Gasteiger partial charge is 0.362 e. The standard InChI is InChI=1S/C9H15NO3/c1-2-8(11)9(12)13-10-6-4-3-5-7-10/h2-7H2,1H3. The molecule has 0 spiro atoms. The molecule has 1 fully saturated rings. The first-order chi connectivity index (χ1) is 6.24. The van der Waals surface area contributed by atoms with Crippen LogP contribution in [0.4, 0.5) is 0 Å². The van der Waals surface area contributed by atoms with Gasteiger partial charge in [0.15, 0.2) is 0 Å². The monoisotopic (exact) mass is 185 g/mol.